The molecule has 0 aliphatic carbocycles. The summed E-state index contributed by atoms with van der Waals surface area (Å²) in [6.45, 7) is 2.13. The number of unbranched alkanes of at least 4 members (excludes halogenated alkanes) is 1. The van der Waals surface area contributed by atoms with Crippen molar-refractivity contribution in [2.75, 3.05) is 0 Å². The molecule has 100 valence electrons. The number of rotatable bonds is 5. The van der Waals surface area contributed by atoms with Crippen molar-refractivity contribution in [1.82, 2.24) is 0 Å². The SMILES string of the molecule is CCCC/C(=N\N=C(N)N)c1ccc(Cl)cc1.Cl. The molecule has 0 saturated carbocycles. The summed E-state index contributed by atoms with van der Waals surface area (Å²) < 4.78 is 0. The highest BCUT2D eigenvalue weighted by Crippen LogP contribution is 2.13. The lowest BCUT2D eigenvalue weighted by Crippen LogP contribution is -2.22. The van der Waals surface area contributed by atoms with Gasteiger partial charge in [0, 0.05) is 5.02 Å². The van der Waals surface area contributed by atoms with Gasteiger partial charge in [0.1, 0.15) is 0 Å². The van der Waals surface area contributed by atoms with E-state index in [1.807, 2.05) is 24.3 Å². The van der Waals surface area contributed by atoms with Crippen LogP contribution in [0, 0.1) is 0 Å². The van der Waals surface area contributed by atoms with Gasteiger partial charge in [-0.05, 0) is 30.5 Å². The fourth-order valence-corrected chi connectivity index (χ4v) is 1.48. The summed E-state index contributed by atoms with van der Waals surface area (Å²) in [5.41, 5.74) is 12.4. The van der Waals surface area contributed by atoms with Crippen molar-refractivity contribution < 1.29 is 0 Å². The number of halogens is 2. The first-order chi connectivity index (χ1) is 8.13. The van der Waals surface area contributed by atoms with Gasteiger partial charge >= 0.3 is 0 Å². The Morgan fingerprint density at radius 2 is 1.78 bits per heavy atom. The largest absolute Gasteiger partial charge is 0.369 e. The van der Waals surface area contributed by atoms with Crippen LogP contribution in [0.4, 0.5) is 0 Å². The summed E-state index contributed by atoms with van der Waals surface area (Å²) in [6, 6.07) is 7.49. The Hall–Kier alpha value is -1.26. The first-order valence-electron chi connectivity index (χ1n) is 5.55. The van der Waals surface area contributed by atoms with E-state index in [4.69, 9.17) is 23.1 Å². The van der Waals surface area contributed by atoms with Gasteiger partial charge in [-0.2, -0.15) is 5.10 Å². The normalized spacial score (nSPS) is 10.7. The molecule has 0 radical (unpaired) electrons. The molecule has 4 N–H and O–H groups in total. The average molecular weight is 289 g/mol. The van der Waals surface area contributed by atoms with Gasteiger partial charge in [-0.1, -0.05) is 37.1 Å². The van der Waals surface area contributed by atoms with Gasteiger partial charge in [0.2, 0.25) is 5.96 Å². The van der Waals surface area contributed by atoms with E-state index in [-0.39, 0.29) is 18.4 Å². The number of benzene rings is 1. The molecule has 1 aromatic carbocycles. The van der Waals surface area contributed by atoms with Gasteiger partial charge < -0.3 is 11.5 Å². The zero-order valence-corrected chi connectivity index (χ0v) is 11.8. The third-order valence-electron chi connectivity index (χ3n) is 2.23. The molecule has 1 aromatic rings. The van der Waals surface area contributed by atoms with Gasteiger partial charge in [0.15, 0.2) is 0 Å². The molecule has 0 spiro atoms. The molecule has 0 unspecified atom stereocenters. The Morgan fingerprint density at radius 3 is 2.28 bits per heavy atom. The van der Waals surface area contributed by atoms with Crippen LogP contribution < -0.4 is 11.5 Å². The Kier molecular flexibility index (Phi) is 8.16. The number of nitrogens with two attached hydrogens (primary N) is 2. The molecule has 0 aliphatic heterocycles. The van der Waals surface area contributed by atoms with Gasteiger partial charge in [-0.3, -0.25) is 0 Å². The fraction of sp³-hybridized carbons (Fsp3) is 0.333. The highest BCUT2D eigenvalue weighted by molar-refractivity contribution is 6.30. The Morgan fingerprint density at radius 1 is 1.17 bits per heavy atom. The topological polar surface area (TPSA) is 76.8 Å². The summed E-state index contributed by atoms with van der Waals surface area (Å²) in [4.78, 5) is 0. The number of nitrogens with zero attached hydrogens (tertiary/aromatic N) is 2. The maximum Gasteiger partial charge on any atom is 0.211 e. The van der Waals surface area contributed by atoms with Crippen molar-refractivity contribution in [3.8, 4) is 0 Å². The van der Waals surface area contributed by atoms with Crippen molar-refractivity contribution in [3.05, 3.63) is 34.9 Å². The molecule has 0 aliphatic rings. The van der Waals surface area contributed by atoms with E-state index in [2.05, 4.69) is 17.1 Å². The average Bonchev–Trinajstić information content (AvgIpc) is 2.30. The van der Waals surface area contributed by atoms with Crippen LogP contribution >= 0.6 is 24.0 Å². The molecule has 0 heterocycles. The Balaban J connectivity index is 0.00000289. The molecule has 0 fully saturated rings. The molecule has 0 amide bonds. The molecule has 18 heavy (non-hydrogen) atoms. The van der Waals surface area contributed by atoms with E-state index in [9.17, 15) is 0 Å². The molecule has 4 nitrogen and oxygen atoms in total. The Bertz CT molecular complexity index is 409. The van der Waals surface area contributed by atoms with Crippen molar-refractivity contribution in [2.45, 2.75) is 26.2 Å². The number of hydrogen-bond acceptors (Lipinski definition) is 2. The molecule has 1 rings (SSSR count). The highest BCUT2D eigenvalue weighted by Gasteiger charge is 2.03. The second-order valence-corrected chi connectivity index (χ2v) is 4.12. The smallest absolute Gasteiger partial charge is 0.211 e. The monoisotopic (exact) mass is 288 g/mol. The first-order valence-corrected chi connectivity index (χ1v) is 5.92. The van der Waals surface area contributed by atoms with Gasteiger partial charge in [-0.15, -0.1) is 17.5 Å². The van der Waals surface area contributed by atoms with E-state index in [1.165, 1.54) is 0 Å². The van der Waals surface area contributed by atoms with Crippen LogP contribution in [-0.2, 0) is 0 Å². The fourth-order valence-electron chi connectivity index (χ4n) is 1.36. The van der Waals surface area contributed by atoms with Gasteiger partial charge in [0.05, 0.1) is 5.71 Å². The first kappa shape index (κ1) is 16.7. The lowest BCUT2D eigenvalue weighted by atomic mass is 10.1. The van der Waals surface area contributed by atoms with E-state index in [1.54, 1.807) is 0 Å². The van der Waals surface area contributed by atoms with Crippen LogP contribution in [0.5, 0.6) is 0 Å². The van der Waals surface area contributed by atoms with Crippen LogP contribution in [0.3, 0.4) is 0 Å². The van der Waals surface area contributed by atoms with Crippen LogP contribution in [0.15, 0.2) is 34.5 Å². The lowest BCUT2D eigenvalue weighted by molar-refractivity contribution is 0.832. The summed E-state index contributed by atoms with van der Waals surface area (Å²) in [7, 11) is 0. The Labute approximate surface area is 119 Å². The third-order valence-corrected chi connectivity index (χ3v) is 2.48. The molecule has 6 heteroatoms. The highest BCUT2D eigenvalue weighted by atomic mass is 35.5. The van der Waals surface area contributed by atoms with Crippen molar-refractivity contribution >= 4 is 35.7 Å². The predicted octanol–water partition coefficient (Wildman–Crippen LogP) is 2.93. The van der Waals surface area contributed by atoms with Crippen molar-refractivity contribution in [2.24, 2.45) is 21.7 Å². The van der Waals surface area contributed by atoms with E-state index >= 15 is 0 Å². The van der Waals surface area contributed by atoms with Crippen LogP contribution in [-0.4, -0.2) is 11.7 Å². The summed E-state index contributed by atoms with van der Waals surface area (Å²) in [5.74, 6) is -0.0343. The number of hydrogen-bond donors (Lipinski definition) is 2. The van der Waals surface area contributed by atoms with Crippen LogP contribution in [0.2, 0.25) is 5.02 Å². The second kappa shape index (κ2) is 8.78. The van der Waals surface area contributed by atoms with Crippen molar-refractivity contribution in [3.63, 3.8) is 0 Å². The van der Waals surface area contributed by atoms with E-state index in [0.29, 0.717) is 5.02 Å². The quantitative estimate of drug-likeness (QED) is 0.496. The van der Waals surface area contributed by atoms with E-state index in [0.717, 1.165) is 30.5 Å². The molecule has 0 atom stereocenters. The molecular formula is C12H18Cl2N4. The summed E-state index contributed by atoms with van der Waals surface area (Å²) >= 11 is 5.84. The minimum Gasteiger partial charge on any atom is -0.369 e. The summed E-state index contributed by atoms with van der Waals surface area (Å²) in [6.07, 6.45) is 2.98. The second-order valence-electron chi connectivity index (χ2n) is 3.68. The van der Waals surface area contributed by atoms with Gasteiger partial charge in [0.25, 0.3) is 0 Å². The standard InChI is InChI=1S/C12H17ClN4.ClH/c1-2-3-4-11(16-17-12(14)15)9-5-7-10(13)8-6-9;/h5-8H,2-4H2,1H3,(H4,14,15,17);1H/b16-11+;. The maximum atomic E-state index is 5.84. The molecular weight excluding hydrogens is 271 g/mol. The van der Waals surface area contributed by atoms with Crippen LogP contribution in [0.1, 0.15) is 31.7 Å². The molecule has 0 bridgehead atoms. The van der Waals surface area contributed by atoms with Crippen LogP contribution in [0.25, 0.3) is 0 Å². The van der Waals surface area contributed by atoms with Gasteiger partial charge in [-0.25, -0.2) is 0 Å². The molecule has 0 aromatic heterocycles. The minimum absolute atomic E-state index is 0. The minimum atomic E-state index is -0.0343. The number of guanidine groups is 1. The molecule has 0 saturated heterocycles. The summed E-state index contributed by atoms with van der Waals surface area (Å²) in [5, 5.41) is 8.48. The zero-order valence-electron chi connectivity index (χ0n) is 10.3. The zero-order chi connectivity index (χ0) is 12.7. The predicted molar refractivity (Wildman–Crippen MR) is 80.6 cm³/mol. The third kappa shape index (κ3) is 5.89. The maximum absolute atomic E-state index is 5.84. The lowest BCUT2D eigenvalue weighted by Gasteiger charge is -2.04. The van der Waals surface area contributed by atoms with E-state index < -0.39 is 0 Å². The van der Waals surface area contributed by atoms with Crippen molar-refractivity contribution in [1.29, 1.82) is 0 Å².